The molecule has 0 spiro atoms. The molecule has 0 saturated heterocycles. The molecule has 0 radical (unpaired) electrons. The number of ether oxygens (including phenoxy) is 1. The summed E-state index contributed by atoms with van der Waals surface area (Å²) in [6.07, 6.45) is -0.365. The predicted molar refractivity (Wildman–Crippen MR) is 110 cm³/mol. The van der Waals surface area contributed by atoms with Gasteiger partial charge in [-0.25, -0.2) is 13.2 Å². The summed E-state index contributed by atoms with van der Waals surface area (Å²) in [4.78, 5) is 24.7. The molecule has 1 amide bonds. The summed E-state index contributed by atoms with van der Waals surface area (Å²) in [5, 5.41) is 1.84. The smallest absolute Gasteiger partial charge is 0.408 e. The molecule has 29 heavy (non-hydrogen) atoms. The molecular weight excluding hydrogens is 414 g/mol. The fraction of sp³-hybridized carbons (Fsp3) is 0.333. The Hall–Kier alpha value is -2.38. The van der Waals surface area contributed by atoms with Gasteiger partial charge in [0.25, 0.3) is 0 Å². The van der Waals surface area contributed by atoms with Gasteiger partial charge in [0.2, 0.25) is 0 Å². The van der Waals surface area contributed by atoms with Crippen LogP contribution in [0.2, 0.25) is 5.02 Å². The van der Waals surface area contributed by atoms with E-state index < -0.39 is 38.2 Å². The summed E-state index contributed by atoms with van der Waals surface area (Å²) in [7, 11) is -3.92. The Morgan fingerprint density at radius 1 is 1.10 bits per heavy atom. The summed E-state index contributed by atoms with van der Waals surface area (Å²) in [5.41, 5.74) is -1.85. The molecule has 3 atom stereocenters. The SMILES string of the molecule is CC(C)(C)OC(=O)N[C@@]1(C=O)[C@H](c2ccc(Cl)cc2)[C@@H]1S(=O)(=O)c1ccccc1. The molecule has 1 saturated carbocycles. The Balaban J connectivity index is 2.04. The number of rotatable bonds is 5. The molecule has 1 aliphatic rings. The van der Waals surface area contributed by atoms with Crippen LogP contribution in [0, 0.1) is 0 Å². The minimum Gasteiger partial charge on any atom is -0.444 e. The second kappa shape index (κ2) is 7.46. The third-order valence-corrected chi connectivity index (χ3v) is 7.24. The maximum absolute atomic E-state index is 13.3. The highest BCUT2D eigenvalue weighted by Gasteiger charge is 2.73. The second-order valence-corrected chi connectivity index (χ2v) is 10.5. The van der Waals surface area contributed by atoms with Crippen molar-refractivity contribution in [3.63, 3.8) is 0 Å². The van der Waals surface area contributed by atoms with Gasteiger partial charge in [0.1, 0.15) is 22.7 Å². The Morgan fingerprint density at radius 3 is 2.21 bits per heavy atom. The first-order valence-electron chi connectivity index (χ1n) is 9.03. The normalized spacial score (nSPS) is 23.9. The highest BCUT2D eigenvalue weighted by Crippen LogP contribution is 2.56. The van der Waals surface area contributed by atoms with E-state index in [-0.39, 0.29) is 4.90 Å². The predicted octanol–water partition coefficient (Wildman–Crippen LogP) is 3.74. The summed E-state index contributed by atoms with van der Waals surface area (Å²) in [5.74, 6) is -0.769. The third kappa shape index (κ3) is 4.16. The standard InChI is InChI=1S/C21H22ClNO5S/c1-20(2,3)28-19(25)23-21(13-24)17(14-9-11-15(22)12-10-14)18(21)29(26,27)16-7-5-4-6-8-16/h4-13,17-18H,1-3H3,(H,23,25)/t17-,18+,21+/m1/s1. The number of aldehydes is 1. The van der Waals surface area contributed by atoms with Crippen LogP contribution in [0.15, 0.2) is 59.5 Å². The zero-order valence-electron chi connectivity index (χ0n) is 16.3. The lowest BCUT2D eigenvalue weighted by Crippen LogP contribution is -2.45. The molecule has 8 heteroatoms. The van der Waals surface area contributed by atoms with E-state index in [1.807, 2.05) is 0 Å². The maximum atomic E-state index is 13.3. The van der Waals surface area contributed by atoms with Crippen molar-refractivity contribution in [2.24, 2.45) is 0 Å². The van der Waals surface area contributed by atoms with Crippen molar-refractivity contribution in [2.75, 3.05) is 0 Å². The first-order valence-corrected chi connectivity index (χ1v) is 11.0. The number of nitrogens with one attached hydrogen (secondary N) is 1. The van der Waals surface area contributed by atoms with Gasteiger partial charge < -0.3 is 14.8 Å². The van der Waals surface area contributed by atoms with E-state index in [0.717, 1.165) is 0 Å². The van der Waals surface area contributed by atoms with Crippen LogP contribution in [0.3, 0.4) is 0 Å². The van der Waals surface area contributed by atoms with Crippen molar-refractivity contribution in [3.05, 3.63) is 65.2 Å². The van der Waals surface area contributed by atoms with Gasteiger partial charge in [-0.1, -0.05) is 41.9 Å². The average Bonchev–Trinajstić information content (AvgIpc) is 3.31. The van der Waals surface area contributed by atoms with E-state index in [1.54, 1.807) is 63.2 Å². The molecule has 0 aromatic heterocycles. The first kappa shape index (κ1) is 21.3. The minimum absolute atomic E-state index is 0.0821. The number of alkyl carbamates (subject to hydrolysis) is 1. The Morgan fingerprint density at radius 2 is 1.69 bits per heavy atom. The quantitative estimate of drug-likeness (QED) is 0.722. The van der Waals surface area contributed by atoms with Gasteiger partial charge in [-0.15, -0.1) is 0 Å². The molecule has 6 nitrogen and oxygen atoms in total. The molecule has 0 aliphatic heterocycles. The van der Waals surface area contributed by atoms with Crippen molar-refractivity contribution < 1.29 is 22.7 Å². The van der Waals surface area contributed by atoms with Crippen LogP contribution in [0.1, 0.15) is 32.3 Å². The van der Waals surface area contributed by atoms with E-state index in [0.29, 0.717) is 16.9 Å². The van der Waals surface area contributed by atoms with Gasteiger partial charge in [0.15, 0.2) is 9.84 Å². The highest BCUT2D eigenvalue weighted by molar-refractivity contribution is 7.92. The molecule has 3 rings (SSSR count). The van der Waals surface area contributed by atoms with Crippen molar-refractivity contribution >= 4 is 33.8 Å². The Bertz CT molecular complexity index is 1020. The molecule has 2 aromatic carbocycles. The summed E-state index contributed by atoms with van der Waals surface area (Å²) in [6, 6.07) is 14.4. The number of halogens is 1. The largest absolute Gasteiger partial charge is 0.444 e. The molecule has 0 bridgehead atoms. The number of hydrogen-bond donors (Lipinski definition) is 1. The first-order chi connectivity index (χ1) is 13.5. The van der Waals surface area contributed by atoms with Crippen LogP contribution >= 0.6 is 11.6 Å². The number of carbonyl (C=O) groups is 2. The summed E-state index contributed by atoms with van der Waals surface area (Å²) in [6.45, 7) is 5.05. The van der Waals surface area contributed by atoms with Gasteiger partial charge >= 0.3 is 6.09 Å². The van der Waals surface area contributed by atoms with Gasteiger partial charge in [-0.3, -0.25) is 0 Å². The van der Waals surface area contributed by atoms with Crippen LogP contribution in [0.5, 0.6) is 0 Å². The monoisotopic (exact) mass is 435 g/mol. The average molecular weight is 436 g/mol. The summed E-state index contributed by atoms with van der Waals surface area (Å²) >= 11 is 5.94. The number of hydrogen-bond acceptors (Lipinski definition) is 5. The van der Waals surface area contributed by atoms with Gasteiger partial charge in [-0.2, -0.15) is 0 Å². The van der Waals surface area contributed by atoms with Crippen LogP contribution < -0.4 is 5.32 Å². The lowest BCUT2D eigenvalue weighted by molar-refractivity contribution is -0.110. The topological polar surface area (TPSA) is 89.5 Å². The van der Waals surface area contributed by atoms with Gasteiger partial charge in [0, 0.05) is 10.9 Å². The van der Waals surface area contributed by atoms with Crippen molar-refractivity contribution in [1.82, 2.24) is 5.32 Å². The lowest BCUT2D eigenvalue weighted by atomic mass is 10.1. The van der Waals surface area contributed by atoms with E-state index in [4.69, 9.17) is 16.3 Å². The highest BCUT2D eigenvalue weighted by atomic mass is 35.5. The van der Waals surface area contributed by atoms with Crippen LogP contribution in [-0.4, -0.2) is 37.2 Å². The molecule has 1 N–H and O–H groups in total. The van der Waals surface area contributed by atoms with E-state index in [9.17, 15) is 18.0 Å². The van der Waals surface area contributed by atoms with E-state index >= 15 is 0 Å². The van der Waals surface area contributed by atoms with E-state index in [2.05, 4.69) is 5.32 Å². The molecule has 0 heterocycles. The molecule has 0 unspecified atom stereocenters. The fourth-order valence-corrected chi connectivity index (χ4v) is 5.88. The second-order valence-electron chi connectivity index (χ2n) is 7.99. The molecule has 154 valence electrons. The van der Waals surface area contributed by atoms with Gasteiger partial charge in [0.05, 0.1) is 4.90 Å². The van der Waals surface area contributed by atoms with Gasteiger partial charge in [-0.05, 0) is 50.6 Å². The van der Waals surface area contributed by atoms with Crippen molar-refractivity contribution in [3.8, 4) is 0 Å². The third-order valence-electron chi connectivity index (χ3n) is 4.73. The van der Waals surface area contributed by atoms with Crippen LogP contribution in [0.4, 0.5) is 4.79 Å². The van der Waals surface area contributed by atoms with Crippen molar-refractivity contribution in [2.45, 2.75) is 48.0 Å². The number of benzene rings is 2. The molecule has 2 aromatic rings. The minimum atomic E-state index is -3.92. The van der Waals surface area contributed by atoms with E-state index in [1.165, 1.54) is 12.1 Å². The molecule has 1 aliphatic carbocycles. The summed E-state index contributed by atoms with van der Waals surface area (Å²) < 4.78 is 31.9. The van der Waals surface area contributed by atoms with Crippen molar-refractivity contribution in [1.29, 1.82) is 0 Å². The zero-order chi connectivity index (χ0) is 21.4. The Labute approximate surface area is 175 Å². The maximum Gasteiger partial charge on any atom is 0.408 e. The van der Waals surface area contributed by atoms with Crippen LogP contribution in [-0.2, 0) is 19.4 Å². The Kier molecular flexibility index (Phi) is 5.49. The molecule has 1 fully saturated rings. The number of carbonyl (C=O) groups excluding carboxylic acids is 2. The zero-order valence-corrected chi connectivity index (χ0v) is 17.8. The molecular formula is C21H22ClNO5S. The number of amides is 1. The van der Waals surface area contributed by atoms with Crippen LogP contribution in [0.25, 0.3) is 0 Å². The lowest BCUT2D eigenvalue weighted by Gasteiger charge is -2.22. The fourth-order valence-electron chi connectivity index (χ4n) is 3.49. The number of sulfone groups is 1.